The fraction of sp³-hybridized carbons (Fsp3) is 0.429. The summed E-state index contributed by atoms with van der Waals surface area (Å²) in [5, 5.41) is 0. The first-order valence-corrected chi connectivity index (χ1v) is 6.06. The van der Waals surface area contributed by atoms with Gasteiger partial charge in [0.15, 0.2) is 5.71 Å². The third-order valence-corrected chi connectivity index (χ3v) is 3.15. The maximum atomic E-state index is 14.3. The molecular formula is C14H15F2NO2. The Morgan fingerprint density at radius 3 is 2.58 bits per heavy atom. The summed E-state index contributed by atoms with van der Waals surface area (Å²) in [6.45, 7) is 4.45. The van der Waals surface area contributed by atoms with E-state index in [0.29, 0.717) is 0 Å². The number of fused-ring (bicyclic) bond motifs is 1. The highest BCUT2D eigenvalue weighted by Crippen LogP contribution is 2.45. The zero-order valence-electron chi connectivity index (χ0n) is 11.0. The lowest BCUT2D eigenvalue weighted by Gasteiger charge is -2.36. The molecule has 0 spiro atoms. The molecule has 5 heteroatoms. The van der Waals surface area contributed by atoms with Crippen LogP contribution in [0.15, 0.2) is 29.3 Å². The number of nitrogens with zero attached hydrogens (tertiary/aromatic N) is 1. The van der Waals surface area contributed by atoms with E-state index in [1.165, 1.54) is 32.0 Å². The van der Waals surface area contributed by atoms with Crippen LogP contribution in [0.5, 0.6) is 0 Å². The van der Waals surface area contributed by atoms with Crippen LogP contribution in [0, 0.1) is 0 Å². The van der Waals surface area contributed by atoms with Crippen LogP contribution in [0.2, 0.25) is 0 Å². The largest absolute Gasteiger partial charge is 0.461 e. The summed E-state index contributed by atoms with van der Waals surface area (Å²) >= 11 is 0. The Morgan fingerprint density at radius 2 is 1.95 bits per heavy atom. The predicted molar refractivity (Wildman–Crippen MR) is 67.6 cm³/mol. The van der Waals surface area contributed by atoms with Gasteiger partial charge in [-0.3, -0.25) is 4.99 Å². The van der Waals surface area contributed by atoms with Gasteiger partial charge >= 0.3 is 5.97 Å². The molecule has 1 aromatic carbocycles. The third-order valence-electron chi connectivity index (χ3n) is 3.15. The topological polar surface area (TPSA) is 38.7 Å². The number of ether oxygens (including phenoxy) is 1. The van der Waals surface area contributed by atoms with Crippen molar-refractivity contribution < 1.29 is 18.3 Å². The van der Waals surface area contributed by atoms with Crippen LogP contribution in [-0.4, -0.2) is 23.8 Å². The van der Waals surface area contributed by atoms with Crippen molar-refractivity contribution in [1.82, 2.24) is 0 Å². The van der Waals surface area contributed by atoms with Gasteiger partial charge in [-0.25, -0.2) is 4.79 Å². The molecule has 102 valence electrons. The molecule has 1 aromatic rings. The normalized spacial score (nSPS) is 19.3. The maximum absolute atomic E-state index is 14.3. The average Bonchev–Trinajstić information content (AvgIpc) is 2.35. The van der Waals surface area contributed by atoms with Gasteiger partial charge in [-0.2, -0.15) is 8.78 Å². The van der Waals surface area contributed by atoms with Crippen molar-refractivity contribution in [3.8, 4) is 0 Å². The Labute approximate surface area is 110 Å². The van der Waals surface area contributed by atoms with E-state index in [9.17, 15) is 13.6 Å². The van der Waals surface area contributed by atoms with Gasteiger partial charge < -0.3 is 4.74 Å². The lowest BCUT2D eigenvalue weighted by Crippen LogP contribution is -2.45. The van der Waals surface area contributed by atoms with Crippen molar-refractivity contribution >= 4 is 11.7 Å². The Morgan fingerprint density at radius 1 is 1.32 bits per heavy atom. The molecule has 0 fully saturated rings. The number of benzene rings is 1. The van der Waals surface area contributed by atoms with Gasteiger partial charge in [0, 0.05) is 11.1 Å². The lowest BCUT2D eigenvalue weighted by atomic mass is 9.83. The molecule has 0 aromatic heterocycles. The van der Waals surface area contributed by atoms with Crippen LogP contribution >= 0.6 is 0 Å². The van der Waals surface area contributed by atoms with Crippen LogP contribution in [0.3, 0.4) is 0 Å². The molecule has 0 unspecified atom stereocenters. The van der Waals surface area contributed by atoms with Crippen molar-refractivity contribution in [3.63, 3.8) is 0 Å². The Bertz CT molecular complexity index is 550. The van der Waals surface area contributed by atoms with Gasteiger partial charge in [0.25, 0.3) is 5.92 Å². The molecule has 0 bridgehead atoms. The molecule has 0 saturated heterocycles. The van der Waals surface area contributed by atoms with E-state index in [4.69, 9.17) is 4.74 Å². The fourth-order valence-electron chi connectivity index (χ4n) is 2.06. The Hall–Kier alpha value is -1.78. The molecule has 0 radical (unpaired) electrons. The molecule has 0 atom stereocenters. The van der Waals surface area contributed by atoms with Gasteiger partial charge in [0.05, 0.1) is 6.61 Å². The minimum atomic E-state index is -3.13. The van der Waals surface area contributed by atoms with Crippen molar-refractivity contribution in [3.05, 3.63) is 35.4 Å². The van der Waals surface area contributed by atoms with Gasteiger partial charge in [0.1, 0.15) is 5.54 Å². The first-order chi connectivity index (χ1) is 8.81. The molecule has 0 saturated carbocycles. The van der Waals surface area contributed by atoms with Crippen molar-refractivity contribution in [2.24, 2.45) is 4.99 Å². The minimum absolute atomic E-state index is 0.0339. The second kappa shape index (κ2) is 4.40. The number of esters is 1. The number of hydrogen-bond acceptors (Lipinski definition) is 3. The van der Waals surface area contributed by atoms with E-state index in [2.05, 4.69) is 4.99 Å². The Balaban J connectivity index is 2.63. The molecule has 1 heterocycles. The molecule has 19 heavy (non-hydrogen) atoms. The van der Waals surface area contributed by atoms with Crippen LogP contribution in [-0.2, 0) is 15.5 Å². The van der Waals surface area contributed by atoms with Gasteiger partial charge in [-0.15, -0.1) is 0 Å². The number of rotatable bonds is 2. The highest BCUT2D eigenvalue weighted by molar-refractivity contribution is 6.44. The number of carbonyl (C=O) groups is 1. The van der Waals surface area contributed by atoms with Crippen molar-refractivity contribution in [1.29, 1.82) is 0 Å². The molecule has 3 nitrogen and oxygen atoms in total. The fourth-order valence-corrected chi connectivity index (χ4v) is 2.06. The summed E-state index contributed by atoms with van der Waals surface area (Å²) in [6.07, 6.45) is 0. The van der Waals surface area contributed by atoms with E-state index in [1.807, 2.05) is 0 Å². The van der Waals surface area contributed by atoms with Crippen molar-refractivity contribution in [2.45, 2.75) is 32.2 Å². The van der Waals surface area contributed by atoms with E-state index in [-0.39, 0.29) is 23.4 Å². The molecule has 0 aliphatic carbocycles. The molecule has 1 aliphatic rings. The van der Waals surface area contributed by atoms with E-state index in [0.717, 1.165) is 0 Å². The highest BCUT2D eigenvalue weighted by atomic mass is 19.3. The van der Waals surface area contributed by atoms with Crippen molar-refractivity contribution in [2.75, 3.05) is 6.61 Å². The molecule has 2 rings (SSSR count). The zero-order chi connectivity index (χ0) is 14.3. The van der Waals surface area contributed by atoms with Gasteiger partial charge in [0.2, 0.25) is 0 Å². The number of carbonyl (C=O) groups excluding carboxylic acids is 1. The Kier molecular flexibility index (Phi) is 3.16. The number of hydrogen-bond donors (Lipinski definition) is 0. The summed E-state index contributed by atoms with van der Waals surface area (Å²) in [7, 11) is 0. The first-order valence-electron chi connectivity index (χ1n) is 6.06. The molecule has 0 N–H and O–H groups in total. The van der Waals surface area contributed by atoms with Crippen LogP contribution < -0.4 is 0 Å². The second-order valence-electron chi connectivity index (χ2n) is 4.86. The SMILES string of the molecule is CCOC(=O)C1=NC(C)(C)C(F)(F)c2ccccc21. The number of aliphatic imine (C=N–C) groups is 1. The summed E-state index contributed by atoms with van der Waals surface area (Å²) in [6, 6.07) is 5.91. The smallest absolute Gasteiger partial charge is 0.357 e. The zero-order valence-corrected chi connectivity index (χ0v) is 11.0. The number of alkyl halides is 2. The molecule has 0 amide bonds. The number of halogens is 2. The highest BCUT2D eigenvalue weighted by Gasteiger charge is 2.53. The van der Waals surface area contributed by atoms with Gasteiger partial charge in [-0.1, -0.05) is 24.3 Å². The molecular weight excluding hydrogens is 252 g/mol. The van der Waals surface area contributed by atoms with E-state index >= 15 is 0 Å². The lowest BCUT2D eigenvalue weighted by molar-refractivity contribution is -0.135. The first kappa shape index (κ1) is 13.6. The summed E-state index contributed by atoms with van der Waals surface area (Å²) in [5.74, 6) is -3.79. The van der Waals surface area contributed by atoms with Crippen LogP contribution in [0.4, 0.5) is 8.78 Å². The third kappa shape index (κ3) is 2.03. The monoisotopic (exact) mass is 267 g/mol. The minimum Gasteiger partial charge on any atom is -0.461 e. The summed E-state index contributed by atoms with van der Waals surface area (Å²) < 4.78 is 33.6. The average molecular weight is 267 g/mol. The standard InChI is InChI=1S/C14H15F2NO2/c1-4-19-12(18)11-9-7-5-6-8-10(9)14(15,16)13(2,3)17-11/h5-8H,4H2,1-3H3. The molecule has 1 aliphatic heterocycles. The van der Waals surface area contributed by atoms with Crippen LogP contribution in [0.25, 0.3) is 0 Å². The summed E-state index contributed by atoms with van der Waals surface area (Å²) in [4.78, 5) is 15.8. The maximum Gasteiger partial charge on any atom is 0.357 e. The van der Waals surface area contributed by atoms with E-state index in [1.54, 1.807) is 13.0 Å². The van der Waals surface area contributed by atoms with Crippen LogP contribution in [0.1, 0.15) is 31.9 Å². The second-order valence-corrected chi connectivity index (χ2v) is 4.86. The quantitative estimate of drug-likeness (QED) is 0.773. The van der Waals surface area contributed by atoms with E-state index < -0.39 is 17.4 Å². The van der Waals surface area contributed by atoms with Gasteiger partial charge in [-0.05, 0) is 20.8 Å². The summed E-state index contributed by atoms with van der Waals surface area (Å²) in [5.41, 5.74) is -1.75. The predicted octanol–water partition coefficient (Wildman–Crippen LogP) is 2.92.